The summed E-state index contributed by atoms with van der Waals surface area (Å²) >= 11 is 7.19. The molecule has 0 atom stereocenters. The Morgan fingerprint density at radius 2 is 2.36 bits per heavy atom. The lowest BCUT2D eigenvalue weighted by atomic mass is 10.4. The van der Waals surface area contributed by atoms with Gasteiger partial charge in [0.25, 0.3) is 0 Å². The summed E-state index contributed by atoms with van der Waals surface area (Å²) in [7, 11) is 0. The standard InChI is InChI=1S/C9H8ClNO2S/c1-5-6(4-12)13-9(11-5)7-2-3-8(10)14-7/h2-3,12H,4H2,1H3. The molecule has 0 unspecified atom stereocenters. The van der Waals surface area contributed by atoms with Crippen molar-refractivity contribution in [2.45, 2.75) is 13.5 Å². The van der Waals surface area contributed by atoms with Crippen LogP contribution in [0.2, 0.25) is 4.34 Å². The van der Waals surface area contributed by atoms with Gasteiger partial charge in [0.1, 0.15) is 6.61 Å². The van der Waals surface area contributed by atoms with Crippen LogP contribution < -0.4 is 0 Å². The molecule has 0 aromatic carbocycles. The number of hydrogen-bond donors (Lipinski definition) is 1. The van der Waals surface area contributed by atoms with Crippen LogP contribution in [0.25, 0.3) is 10.8 Å². The topological polar surface area (TPSA) is 46.3 Å². The number of thiophene rings is 1. The highest BCUT2D eigenvalue weighted by Gasteiger charge is 2.11. The van der Waals surface area contributed by atoms with E-state index in [9.17, 15) is 0 Å². The zero-order valence-corrected chi connectivity index (χ0v) is 9.02. The Labute approximate surface area is 90.0 Å². The minimum absolute atomic E-state index is 0.127. The lowest BCUT2D eigenvalue weighted by Crippen LogP contribution is -1.81. The van der Waals surface area contributed by atoms with Crippen LogP contribution in [-0.2, 0) is 6.61 Å². The van der Waals surface area contributed by atoms with E-state index in [1.54, 1.807) is 13.0 Å². The second-order valence-corrected chi connectivity index (χ2v) is 4.50. The van der Waals surface area contributed by atoms with E-state index in [0.29, 0.717) is 21.7 Å². The summed E-state index contributed by atoms with van der Waals surface area (Å²) in [5.41, 5.74) is 0.715. The number of aromatic nitrogens is 1. The predicted octanol–water partition coefficient (Wildman–Crippen LogP) is 2.86. The van der Waals surface area contributed by atoms with E-state index >= 15 is 0 Å². The number of aliphatic hydroxyl groups is 1. The molecule has 0 saturated heterocycles. The molecule has 74 valence electrons. The molecule has 14 heavy (non-hydrogen) atoms. The first-order valence-electron chi connectivity index (χ1n) is 4.03. The summed E-state index contributed by atoms with van der Waals surface area (Å²) in [5.74, 6) is 1.02. The average Bonchev–Trinajstić information content (AvgIpc) is 2.71. The number of oxazole rings is 1. The van der Waals surface area contributed by atoms with Crippen LogP contribution in [0, 0.1) is 6.92 Å². The molecular formula is C9H8ClNO2S. The number of aliphatic hydroxyl groups excluding tert-OH is 1. The van der Waals surface area contributed by atoms with Gasteiger partial charge in [0.15, 0.2) is 5.76 Å². The fraction of sp³-hybridized carbons (Fsp3) is 0.222. The summed E-state index contributed by atoms with van der Waals surface area (Å²) in [6, 6.07) is 3.64. The first kappa shape index (κ1) is 9.71. The van der Waals surface area contributed by atoms with Gasteiger partial charge < -0.3 is 9.52 Å². The largest absolute Gasteiger partial charge is 0.438 e. The van der Waals surface area contributed by atoms with E-state index in [-0.39, 0.29) is 6.61 Å². The number of hydrogen-bond acceptors (Lipinski definition) is 4. The van der Waals surface area contributed by atoms with Crippen LogP contribution in [0.3, 0.4) is 0 Å². The Morgan fingerprint density at radius 1 is 1.57 bits per heavy atom. The van der Waals surface area contributed by atoms with Gasteiger partial charge in [-0.15, -0.1) is 11.3 Å². The molecule has 0 spiro atoms. The van der Waals surface area contributed by atoms with Crippen LogP contribution in [0.4, 0.5) is 0 Å². The molecule has 0 aliphatic carbocycles. The first-order valence-corrected chi connectivity index (χ1v) is 5.23. The highest BCUT2D eigenvalue weighted by Crippen LogP contribution is 2.31. The molecule has 0 amide bonds. The van der Waals surface area contributed by atoms with Gasteiger partial charge in [-0.2, -0.15) is 0 Å². The normalized spacial score (nSPS) is 10.8. The molecule has 0 fully saturated rings. The minimum atomic E-state index is -0.127. The molecule has 3 nitrogen and oxygen atoms in total. The van der Waals surface area contributed by atoms with Gasteiger partial charge in [-0.05, 0) is 19.1 Å². The third kappa shape index (κ3) is 1.68. The van der Waals surface area contributed by atoms with Crippen molar-refractivity contribution in [3.63, 3.8) is 0 Å². The van der Waals surface area contributed by atoms with Gasteiger partial charge in [-0.3, -0.25) is 0 Å². The van der Waals surface area contributed by atoms with Crippen LogP contribution in [0.5, 0.6) is 0 Å². The van der Waals surface area contributed by atoms with E-state index in [1.165, 1.54) is 11.3 Å². The maximum absolute atomic E-state index is 8.93. The Hall–Kier alpha value is -0.840. The van der Waals surface area contributed by atoms with Gasteiger partial charge in [-0.1, -0.05) is 11.6 Å². The fourth-order valence-electron chi connectivity index (χ4n) is 1.11. The van der Waals surface area contributed by atoms with Gasteiger partial charge in [-0.25, -0.2) is 4.98 Å². The van der Waals surface area contributed by atoms with Crippen LogP contribution >= 0.6 is 22.9 Å². The highest BCUT2D eigenvalue weighted by molar-refractivity contribution is 7.19. The second kappa shape index (κ2) is 3.73. The number of halogens is 1. The summed E-state index contributed by atoms with van der Waals surface area (Å²) in [6.45, 7) is 1.67. The molecule has 0 aliphatic rings. The van der Waals surface area contributed by atoms with E-state index in [2.05, 4.69) is 4.98 Å². The molecule has 2 rings (SSSR count). The predicted molar refractivity (Wildman–Crippen MR) is 55.5 cm³/mol. The monoisotopic (exact) mass is 229 g/mol. The summed E-state index contributed by atoms with van der Waals surface area (Å²) < 4.78 is 6.05. The molecule has 0 saturated carbocycles. The zero-order valence-electron chi connectivity index (χ0n) is 7.45. The molecule has 2 heterocycles. The van der Waals surface area contributed by atoms with E-state index in [0.717, 1.165) is 4.88 Å². The molecular weight excluding hydrogens is 222 g/mol. The maximum Gasteiger partial charge on any atom is 0.236 e. The smallest absolute Gasteiger partial charge is 0.236 e. The molecule has 2 aromatic heterocycles. The fourth-order valence-corrected chi connectivity index (χ4v) is 2.08. The third-order valence-corrected chi connectivity index (χ3v) is 3.04. The molecule has 0 aliphatic heterocycles. The number of nitrogens with zero attached hydrogens (tertiary/aromatic N) is 1. The summed E-state index contributed by atoms with van der Waals surface area (Å²) in [4.78, 5) is 5.06. The molecule has 2 aromatic rings. The van der Waals surface area contributed by atoms with Gasteiger partial charge >= 0.3 is 0 Å². The van der Waals surface area contributed by atoms with Crippen molar-refractivity contribution >= 4 is 22.9 Å². The highest BCUT2D eigenvalue weighted by atomic mass is 35.5. The number of rotatable bonds is 2. The summed E-state index contributed by atoms with van der Waals surface area (Å²) in [6.07, 6.45) is 0. The lowest BCUT2D eigenvalue weighted by Gasteiger charge is -1.87. The number of aryl methyl sites for hydroxylation is 1. The van der Waals surface area contributed by atoms with Crippen molar-refractivity contribution in [1.82, 2.24) is 4.98 Å². The first-order chi connectivity index (χ1) is 6.70. The second-order valence-electron chi connectivity index (χ2n) is 2.79. The third-order valence-electron chi connectivity index (χ3n) is 1.82. The Morgan fingerprint density at radius 3 is 2.86 bits per heavy atom. The van der Waals surface area contributed by atoms with Crippen molar-refractivity contribution in [3.8, 4) is 10.8 Å². The van der Waals surface area contributed by atoms with Crippen molar-refractivity contribution in [2.75, 3.05) is 0 Å². The average molecular weight is 230 g/mol. The zero-order chi connectivity index (χ0) is 10.1. The van der Waals surface area contributed by atoms with Crippen molar-refractivity contribution in [3.05, 3.63) is 27.9 Å². The van der Waals surface area contributed by atoms with E-state index < -0.39 is 0 Å². The van der Waals surface area contributed by atoms with Gasteiger partial charge in [0.2, 0.25) is 5.89 Å². The van der Waals surface area contributed by atoms with Crippen LogP contribution in [-0.4, -0.2) is 10.1 Å². The minimum Gasteiger partial charge on any atom is -0.438 e. The Balaban J connectivity index is 2.42. The maximum atomic E-state index is 8.93. The molecule has 0 radical (unpaired) electrons. The Bertz CT molecular complexity index is 449. The SMILES string of the molecule is Cc1nc(-c2ccc(Cl)s2)oc1CO. The molecule has 1 N–H and O–H groups in total. The molecule has 5 heteroatoms. The van der Waals surface area contributed by atoms with Crippen molar-refractivity contribution in [1.29, 1.82) is 0 Å². The summed E-state index contributed by atoms with van der Waals surface area (Å²) in [5, 5.41) is 8.93. The van der Waals surface area contributed by atoms with Crippen molar-refractivity contribution in [2.24, 2.45) is 0 Å². The van der Waals surface area contributed by atoms with E-state index in [4.69, 9.17) is 21.1 Å². The van der Waals surface area contributed by atoms with Gasteiger partial charge in [0, 0.05) is 0 Å². The molecule has 0 bridgehead atoms. The lowest BCUT2D eigenvalue weighted by molar-refractivity contribution is 0.247. The Kier molecular flexibility index (Phi) is 2.58. The quantitative estimate of drug-likeness (QED) is 0.862. The van der Waals surface area contributed by atoms with Crippen LogP contribution in [0.1, 0.15) is 11.5 Å². The van der Waals surface area contributed by atoms with E-state index in [1.807, 2.05) is 6.07 Å². The van der Waals surface area contributed by atoms with Gasteiger partial charge in [0.05, 0.1) is 14.9 Å². The van der Waals surface area contributed by atoms with Crippen LogP contribution in [0.15, 0.2) is 16.5 Å². The van der Waals surface area contributed by atoms with Crippen molar-refractivity contribution < 1.29 is 9.52 Å².